The minimum absolute atomic E-state index is 0.0445. The van der Waals surface area contributed by atoms with Gasteiger partial charge in [0.1, 0.15) is 5.75 Å². The van der Waals surface area contributed by atoms with Gasteiger partial charge in [-0.25, -0.2) is 0 Å². The van der Waals surface area contributed by atoms with E-state index in [1.54, 1.807) is 0 Å². The monoisotopic (exact) mass is 254 g/mol. The third kappa shape index (κ3) is 2.90. The van der Waals surface area contributed by atoms with Crippen molar-refractivity contribution in [1.29, 1.82) is 0 Å². The van der Waals surface area contributed by atoms with Gasteiger partial charge in [-0.2, -0.15) is 0 Å². The molecule has 1 aliphatic heterocycles. The highest BCUT2D eigenvalue weighted by Crippen LogP contribution is 2.21. The molecule has 0 bridgehead atoms. The Bertz CT molecular complexity index is 437. The molecule has 0 aliphatic carbocycles. The minimum atomic E-state index is -0.230. The zero-order chi connectivity index (χ0) is 12.4. The zero-order valence-corrected chi connectivity index (χ0v) is 10.4. The molecule has 1 saturated heterocycles. The van der Waals surface area contributed by atoms with Crippen LogP contribution in [0.5, 0.6) is 5.75 Å². The topological polar surface area (TPSA) is 52.6 Å². The van der Waals surface area contributed by atoms with E-state index >= 15 is 0 Å². The summed E-state index contributed by atoms with van der Waals surface area (Å²) in [5, 5.41) is 12.6. The number of likely N-dealkylation sites (tertiary alicyclic amines) is 1. The number of nitrogens with one attached hydrogen (secondary N) is 1. The largest absolute Gasteiger partial charge is 0.508 e. The quantitative estimate of drug-likeness (QED) is 0.841. The Balaban J connectivity index is 2.06. The summed E-state index contributed by atoms with van der Waals surface area (Å²) in [7, 11) is 2.02. The predicted octanol–water partition coefficient (Wildman–Crippen LogP) is 1.48. The number of hydrogen-bond donors (Lipinski definition) is 2. The third-order valence-corrected chi connectivity index (χ3v) is 3.25. The highest BCUT2D eigenvalue weighted by Gasteiger charge is 2.22. The summed E-state index contributed by atoms with van der Waals surface area (Å²) in [6.07, 6.45) is 0.943. The Morgan fingerprint density at radius 2 is 2.35 bits per heavy atom. The predicted molar refractivity (Wildman–Crippen MR) is 66.5 cm³/mol. The van der Waals surface area contributed by atoms with Crippen LogP contribution in [0, 0.1) is 0 Å². The van der Waals surface area contributed by atoms with E-state index < -0.39 is 0 Å². The summed E-state index contributed by atoms with van der Waals surface area (Å²) in [6, 6.07) is 4.52. The fraction of sp³-hybridized carbons (Fsp3) is 0.417. The summed E-state index contributed by atoms with van der Waals surface area (Å²) >= 11 is 5.92. The summed E-state index contributed by atoms with van der Waals surface area (Å²) in [5.74, 6) is -0.186. The van der Waals surface area contributed by atoms with Gasteiger partial charge in [0.15, 0.2) is 0 Å². The molecule has 1 fully saturated rings. The third-order valence-electron chi connectivity index (χ3n) is 2.92. The number of carbonyl (C=O) groups excluding carboxylic acids is 1. The van der Waals surface area contributed by atoms with Crippen LogP contribution in [0.4, 0.5) is 0 Å². The van der Waals surface area contributed by atoms with Crippen molar-refractivity contribution in [2.45, 2.75) is 12.5 Å². The zero-order valence-electron chi connectivity index (χ0n) is 9.61. The van der Waals surface area contributed by atoms with E-state index in [2.05, 4.69) is 10.2 Å². The molecule has 4 nitrogen and oxygen atoms in total. The number of aromatic hydroxyl groups is 1. The SMILES string of the molecule is CN1CCC(NC(=O)c2cc(O)ccc2Cl)C1. The average molecular weight is 255 g/mol. The molecule has 2 N–H and O–H groups in total. The van der Waals surface area contributed by atoms with Crippen LogP contribution in [0.2, 0.25) is 5.02 Å². The van der Waals surface area contributed by atoms with E-state index in [0.717, 1.165) is 19.5 Å². The van der Waals surface area contributed by atoms with Crippen LogP contribution in [0.3, 0.4) is 0 Å². The van der Waals surface area contributed by atoms with Crippen LogP contribution < -0.4 is 5.32 Å². The molecule has 1 heterocycles. The molecule has 0 saturated carbocycles. The van der Waals surface area contributed by atoms with E-state index in [9.17, 15) is 9.90 Å². The van der Waals surface area contributed by atoms with Crippen molar-refractivity contribution in [2.24, 2.45) is 0 Å². The molecule has 1 amide bonds. The van der Waals surface area contributed by atoms with Gasteiger partial charge in [0, 0.05) is 12.6 Å². The lowest BCUT2D eigenvalue weighted by molar-refractivity contribution is 0.0938. The fourth-order valence-electron chi connectivity index (χ4n) is 2.00. The number of phenolic OH excluding ortho intramolecular Hbond substituents is 1. The number of benzene rings is 1. The van der Waals surface area contributed by atoms with Gasteiger partial charge in [-0.1, -0.05) is 11.6 Å². The molecular weight excluding hydrogens is 240 g/mol. The van der Waals surface area contributed by atoms with Gasteiger partial charge in [0.05, 0.1) is 10.6 Å². The van der Waals surface area contributed by atoms with Crippen LogP contribution in [-0.2, 0) is 0 Å². The number of likely N-dealkylation sites (N-methyl/N-ethyl adjacent to an activating group) is 1. The van der Waals surface area contributed by atoms with Crippen molar-refractivity contribution in [3.05, 3.63) is 28.8 Å². The maximum Gasteiger partial charge on any atom is 0.253 e. The molecule has 0 spiro atoms. The van der Waals surface area contributed by atoms with Crippen molar-refractivity contribution >= 4 is 17.5 Å². The Morgan fingerprint density at radius 3 is 3.00 bits per heavy atom. The highest BCUT2D eigenvalue weighted by atomic mass is 35.5. The number of amides is 1. The second-order valence-electron chi connectivity index (χ2n) is 4.39. The molecule has 1 unspecified atom stereocenters. The number of halogens is 1. The molecule has 0 aromatic heterocycles. The van der Waals surface area contributed by atoms with E-state index in [0.29, 0.717) is 10.6 Å². The van der Waals surface area contributed by atoms with Crippen LogP contribution in [0.25, 0.3) is 0 Å². The number of nitrogens with zero attached hydrogens (tertiary/aromatic N) is 1. The highest BCUT2D eigenvalue weighted by molar-refractivity contribution is 6.33. The van der Waals surface area contributed by atoms with Crippen LogP contribution >= 0.6 is 11.6 Å². The Kier molecular flexibility index (Phi) is 3.54. The summed E-state index contributed by atoms with van der Waals surface area (Å²) in [6.45, 7) is 1.83. The van der Waals surface area contributed by atoms with Gasteiger partial charge in [-0.05, 0) is 38.2 Å². The fourth-order valence-corrected chi connectivity index (χ4v) is 2.21. The molecule has 5 heteroatoms. The standard InChI is InChI=1S/C12H15ClN2O2/c1-15-5-4-8(7-15)14-12(17)10-6-9(16)2-3-11(10)13/h2-3,6,8,16H,4-5,7H2,1H3,(H,14,17). The van der Waals surface area contributed by atoms with Gasteiger partial charge in [0.25, 0.3) is 5.91 Å². The summed E-state index contributed by atoms with van der Waals surface area (Å²) in [5.41, 5.74) is 0.321. The van der Waals surface area contributed by atoms with Crippen molar-refractivity contribution in [2.75, 3.05) is 20.1 Å². The van der Waals surface area contributed by atoms with Gasteiger partial charge < -0.3 is 15.3 Å². The van der Waals surface area contributed by atoms with Crippen molar-refractivity contribution < 1.29 is 9.90 Å². The van der Waals surface area contributed by atoms with E-state index in [-0.39, 0.29) is 17.7 Å². The van der Waals surface area contributed by atoms with Gasteiger partial charge >= 0.3 is 0 Å². The van der Waals surface area contributed by atoms with E-state index in [1.165, 1.54) is 18.2 Å². The van der Waals surface area contributed by atoms with E-state index in [4.69, 9.17) is 11.6 Å². The summed E-state index contributed by atoms with van der Waals surface area (Å²) in [4.78, 5) is 14.1. The van der Waals surface area contributed by atoms with Crippen LogP contribution in [-0.4, -0.2) is 42.1 Å². The molecule has 0 radical (unpaired) electrons. The maximum absolute atomic E-state index is 12.0. The molecule has 17 heavy (non-hydrogen) atoms. The number of carbonyl (C=O) groups is 1. The number of rotatable bonds is 2. The molecule has 2 rings (SSSR count). The van der Waals surface area contributed by atoms with E-state index in [1.807, 2.05) is 7.05 Å². The Labute approximate surface area is 105 Å². The smallest absolute Gasteiger partial charge is 0.253 e. The number of phenols is 1. The molecular formula is C12H15ClN2O2. The van der Waals surface area contributed by atoms with Crippen LogP contribution in [0.1, 0.15) is 16.8 Å². The second kappa shape index (κ2) is 4.94. The maximum atomic E-state index is 12.0. The molecule has 1 aromatic carbocycles. The first-order valence-corrected chi connectivity index (χ1v) is 5.92. The lowest BCUT2D eigenvalue weighted by atomic mass is 10.1. The molecule has 1 atom stereocenters. The Hall–Kier alpha value is -1.26. The van der Waals surface area contributed by atoms with Crippen LogP contribution in [0.15, 0.2) is 18.2 Å². The second-order valence-corrected chi connectivity index (χ2v) is 4.79. The number of hydrogen-bond acceptors (Lipinski definition) is 3. The Morgan fingerprint density at radius 1 is 1.59 bits per heavy atom. The molecule has 1 aromatic rings. The molecule has 1 aliphatic rings. The molecule has 92 valence electrons. The normalized spacial score (nSPS) is 20.5. The first kappa shape index (κ1) is 12.2. The summed E-state index contributed by atoms with van der Waals surface area (Å²) < 4.78 is 0. The van der Waals surface area contributed by atoms with Gasteiger partial charge in [-0.3, -0.25) is 4.79 Å². The average Bonchev–Trinajstić information content (AvgIpc) is 2.67. The van der Waals surface area contributed by atoms with Gasteiger partial charge in [-0.15, -0.1) is 0 Å². The lowest BCUT2D eigenvalue weighted by Gasteiger charge is -2.13. The van der Waals surface area contributed by atoms with Gasteiger partial charge in [0.2, 0.25) is 0 Å². The first-order valence-electron chi connectivity index (χ1n) is 5.54. The first-order chi connectivity index (χ1) is 8.06. The minimum Gasteiger partial charge on any atom is -0.508 e. The van der Waals surface area contributed by atoms with Crippen molar-refractivity contribution in [1.82, 2.24) is 10.2 Å². The van der Waals surface area contributed by atoms with Crippen molar-refractivity contribution in [3.63, 3.8) is 0 Å². The van der Waals surface area contributed by atoms with Crippen molar-refractivity contribution in [3.8, 4) is 5.75 Å². The lowest BCUT2D eigenvalue weighted by Crippen LogP contribution is -2.36.